The first kappa shape index (κ1) is 13.6. The fourth-order valence-corrected chi connectivity index (χ4v) is 2.66. The van der Waals surface area contributed by atoms with Gasteiger partial charge in [-0.05, 0) is 29.5 Å². The summed E-state index contributed by atoms with van der Waals surface area (Å²) in [5.41, 5.74) is 2.54. The van der Waals surface area contributed by atoms with E-state index >= 15 is 0 Å². The summed E-state index contributed by atoms with van der Waals surface area (Å²) in [6.45, 7) is 2.50. The van der Waals surface area contributed by atoms with Crippen molar-refractivity contribution < 1.29 is 9.32 Å². The van der Waals surface area contributed by atoms with Crippen LogP contribution in [0, 0.1) is 6.92 Å². The molecule has 0 saturated carbocycles. The molecule has 0 aliphatic heterocycles. The quantitative estimate of drug-likeness (QED) is 0.800. The maximum Gasteiger partial charge on any atom is 0.273 e. The van der Waals surface area contributed by atoms with Gasteiger partial charge < -0.3 is 9.84 Å². The van der Waals surface area contributed by atoms with E-state index in [2.05, 4.69) is 10.5 Å². The number of aromatic nitrogens is 1. The molecule has 1 aromatic carbocycles. The normalized spacial score (nSPS) is 10.5. The molecule has 3 rings (SSSR count). The van der Waals surface area contributed by atoms with Gasteiger partial charge >= 0.3 is 0 Å². The zero-order valence-corrected chi connectivity index (χ0v) is 12.3. The molecule has 2 heterocycles. The van der Waals surface area contributed by atoms with Crippen LogP contribution >= 0.6 is 11.3 Å². The molecule has 0 saturated heterocycles. The Hall–Kier alpha value is -2.40. The molecule has 3 aromatic rings. The van der Waals surface area contributed by atoms with E-state index in [0.717, 1.165) is 16.0 Å². The largest absolute Gasteiger partial charge is 0.355 e. The van der Waals surface area contributed by atoms with Gasteiger partial charge in [0.15, 0.2) is 11.5 Å². The Bertz CT molecular complexity index is 747. The van der Waals surface area contributed by atoms with Gasteiger partial charge in [0, 0.05) is 12.6 Å². The number of carbonyl (C=O) groups excluding carboxylic acids is 1. The summed E-state index contributed by atoms with van der Waals surface area (Å²) in [4.78, 5) is 13.0. The molecule has 0 fully saturated rings. The van der Waals surface area contributed by atoms with Crippen LogP contribution in [0.5, 0.6) is 0 Å². The van der Waals surface area contributed by atoms with Crippen LogP contribution in [0.3, 0.4) is 0 Å². The van der Waals surface area contributed by atoms with Crippen molar-refractivity contribution in [3.63, 3.8) is 0 Å². The van der Waals surface area contributed by atoms with Gasteiger partial charge in [-0.15, -0.1) is 11.3 Å². The Morgan fingerprint density at radius 2 is 2.14 bits per heavy atom. The summed E-state index contributed by atoms with van der Waals surface area (Å²) in [7, 11) is 0. The number of carbonyl (C=O) groups is 1. The summed E-state index contributed by atoms with van der Waals surface area (Å²) in [5.74, 6) is 0.385. The van der Waals surface area contributed by atoms with E-state index < -0.39 is 0 Å². The molecular formula is C16H14N2O2S. The average Bonchev–Trinajstić information content (AvgIpc) is 3.16. The van der Waals surface area contributed by atoms with Crippen LogP contribution in [0.25, 0.3) is 10.6 Å². The second-order valence-corrected chi connectivity index (χ2v) is 5.61. The average molecular weight is 298 g/mol. The van der Waals surface area contributed by atoms with E-state index in [1.165, 1.54) is 0 Å². The number of amides is 1. The summed E-state index contributed by atoms with van der Waals surface area (Å²) in [5, 5.41) is 8.64. The predicted octanol–water partition coefficient (Wildman–Crippen LogP) is 3.64. The van der Waals surface area contributed by atoms with E-state index in [9.17, 15) is 4.79 Å². The monoisotopic (exact) mass is 298 g/mol. The number of thiophene rings is 1. The lowest BCUT2D eigenvalue weighted by Crippen LogP contribution is -2.23. The number of nitrogens with zero attached hydrogens (tertiary/aromatic N) is 1. The van der Waals surface area contributed by atoms with Crippen LogP contribution in [-0.4, -0.2) is 11.1 Å². The zero-order valence-electron chi connectivity index (χ0n) is 11.5. The Kier molecular flexibility index (Phi) is 3.83. The van der Waals surface area contributed by atoms with Crippen LogP contribution in [0.1, 0.15) is 21.6 Å². The highest BCUT2D eigenvalue weighted by Crippen LogP contribution is 2.25. The molecule has 4 nitrogen and oxygen atoms in total. The minimum Gasteiger partial charge on any atom is -0.355 e. The van der Waals surface area contributed by atoms with Crippen LogP contribution in [0.15, 0.2) is 52.4 Å². The maximum atomic E-state index is 12.1. The molecule has 0 bridgehead atoms. The fraction of sp³-hybridized carbons (Fsp3) is 0.125. The van der Waals surface area contributed by atoms with E-state index in [0.29, 0.717) is 18.0 Å². The lowest BCUT2D eigenvalue weighted by molar-refractivity contribution is 0.0942. The van der Waals surface area contributed by atoms with Crippen molar-refractivity contribution in [3.05, 3.63) is 64.7 Å². The fourth-order valence-electron chi connectivity index (χ4n) is 1.99. The summed E-state index contributed by atoms with van der Waals surface area (Å²) >= 11 is 1.55. The molecule has 0 atom stereocenters. The predicted molar refractivity (Wildman–Crippen MR) is 82.2 cm³/mol. The maximum absolute atomic E-state index is 12.1. The third-order valence-electron chi connectivity index (χ3n) is 3.21. The van der Waals surface area contributed by atoms with Crippen molar-refractivity contribution in [1.82, 2.24) is 10.5 Å². The van der Waals surface area contributed by atoms with Gasteiger partial charge in [0.05, 0.1) is 4.88 Å². The first-order valence-corrected chi connectivity index (χ1v) is 7.45. The second kappa shape index (κ2) is 5.93. The number of nitrogens with one attached hydrogen (secondary N) is 1. The summed E-state index contributed by atoms with van der Waals surface area (Å²) in [6.07, 6.45) is 0. The highest BCUT2D eigenvalue weighted by Gasteiger charge is 2.14. The molecule has 1 amide bonds. The number of rotatable bonds is 4. The van der Waals surface area contributed by atoms with E-state index in [4.69, 9.17) is 4.52 Å². The highest BCUT2D eigenvalue weighted by atomic mass is 32.1. The zero-order chi connectivity index (χ0) is 14.7. The van der Waals surface area contributed by atoms with Crippen molar-refractivity contribution in [3.8, 4) is 10.6 Å². The van der Waals surface area contributed by atoms with Crippen LogP contribution in [-0.2, 0) is 6.54 Å². The van der Waals surface area contributed by atoms with Gasteiger partial charge in [-0.25, -0.2) is 0 Å². The van der Waals surface area contributed by atoms with E-state index in [-0.39, 0.29) is 5.91 Å². The molecule has 0 spiro atoms. The van der Waals surface area contributed by atoms with Crippen molar-refractivity contribution in [2.45, 2.75) is 13.5 Å². The lowest BCUT2D eigenvalue weighted by Gasteiger charge is -2.05. The van der Waals surface area contributed by atoms with Gasteiger partial charge in [-0.2, -0.15) is 0 Å². The van der Waals surface area contributed by atoms with Crippen molar-refractivity contribution >= 4 is 17.2 Å². The Balaban J connectivity index is 1.68. The number of hydrogen-bond acceptors (Lipinski definition) is 4. The number of aryl methyl sites for hydroxylation is 1. The minimum atomic E-state index is -0.232. The number of benzene rings is 1. The molecule has 2 aromatic heterocycles. The van der Waals surface area contributed by atoms with E-state index in [1.54, 1.807) is 17.4 Å². The van der Waals surface area contributed by atoms with Crippen LogP contribution < -0.4 is 5.32 Å². The topological polar surface area (TPSA) is 55.1 Å². The number of hydrogen-bond donors (Lipinski definition) is 1. The third kappa shape index (κ3) is 3.03. The first-order valence-electron chi connectivity index (χ1n) is 6.57. The standard InChI is InChI=1S/C16H14N2O2S/c1-11-5-2-3-6-12(11)10-17-16(19)13-9-14(20-18-13)15-7-4-8-21-15/h2-9H,10H2,1H3,(H,17,19). The Morgan fingerprint density at radius 3 is 2.90 bits per heavy atom. The molecule has 5 heteroatoms. The van der Waals surface area contributed by atoms with Gasteiger partial charge in [-0.3, -0.25) is 4.79 Å². The van der Waals surface area contributed by atoms with Crippen LogP contribution in [0.2, 0.25) is 0 Å². The smallest absolute Gasteiger partial charge is 0.273 e. The van der Waals surface area contributed by atoms with Crippen LogP contribution in [0.4, 0.5) is 0 Å². The minimum absolute atomic E-state index is 0.232. The van der Waals surface area contributed by atoms with Gasteiger partial charge in [0.25, 0.3) is 5.91 Å². The van der Waals surface area contributed by atoms with Gasteiger partial charge in [-0.1, -0.05) is 35.5 Å². The molecule has 0 radical (unpaired) electrons. The Morgan fingerprint density at radius 1 is 1.29 bits per heavy atom. The Labute approximate surface area is 126 Å². The molecule has 21 heavy (non-hydrogen) atoms. The third-order valence-corrected chi connectivity index (χ3v) is 4.09. The first-order chi connectivity index (χ1) is 10.2. The molecule has 0 aliphatic carbocycles. The van der Waals surface area contributed by atoms with Gasteiger partial charge in [0.1, 0.15) is 0 Å². The molecule has 106 valence electrons. The van der Waals surface area contributed by atoms with Gasteiger partial charge in [0.2, 0.25) is 0 Å². The SMILES string of the molecule is Cc1ccccc1CNC(=O)c1cc(-c2cccs2)on1. The van der Waals surface area contributed by atoms with E-state index in [1.807, 2.05) is 48.7 Å². The van der Waals surface area contributed by atoms with Crippen molar-refractivity contribution in [2.75, 3.05) is 0 Å². The second-order valence-electron chi connectivity index (χ2n) is 4.66. The lowest BCUT2D eigenvalue weighted by atomic mass is 10.1. The summed E-state index contributed by atoms with van der Waals surface area (Å²) < 4.78 is 5.21. The molecule has 0 aliphatic rings. The molecule has 0 unspecified atom stereocenters. The molecule has 1 N–H and O–H groups in total. The highest BCUT2D eigenvalue weighted by molar-refractivity contribution is 7.13. The van der Waals surface area contributed by atoms with Crippen molar-refractivity contribution in [1.29, 1.82) is 0 Å². The summed E-state index contributed by atoms with van der Waals surface area (Å²) in [6, 6.07) is 13.5. The van der Waals surface area contributed by atoms with Crippen molar-refractivity contribution in [2.24, 2.45) is 0 Å². The molecular weight excluding hydrogens is 284 g/mol.